The van der Waals surface area contributed by atoms with Crippen LogP contribution in [-0.4, -0.2) is 36.7 Å². The first-order valence-corrected chi connectivity index (χ1v) is 9.56. The summed E-state index contributed by atoms with van der Waals surface area (Å²) < 4.78 is 5.96. The number of amides is 2. The standard InChI is InChI=1S/C22H26N2O2/c25-22(24-14-13-20(15-24)26-16-17-11-12-17)23-21(18-7-3-1-4-8-18)19-9-5-2-6-10-19/h1-10,17,20-21H,11-16H2,(H,23,25). The number of hydrogen-bond acceptors (Lipinski definition) is 2. The largest absolute Gasteiger partial charge is 0.376 e. The van der Waals surface area contributed by atoms with Gasteiger partial charge in [-0.2, -0.15) is 0 Å². The van der Waals surface area contributed by atoms with E-state index in [0.717, 1.165) is 36.6 Å². The summed E-state index contributed by atoms with van der Waals surface area (Å²) in [5.41, 5.74) is 2.18. The summed E-state index contributed by atoms with van der Waals surface area (Å²) in [5, 5.41) is 3.22. The van der Waals surface area contributed by atoms with Crippen LogP contribution < -0.4 is 5.32 Å². The minimum Gasteiger partial charge on any atom is -0.376 e. The van der Waals surface area contributed by atoms with E-state index in [2.05, 4.69) is 29.6 Å². The van der Waals surface area contributed by atoms with Crippen molar-refractivity contribution in [2.75, 3.05) is 19.7 Å². The second kappa shape index (κ2) is 7.92. The Morgan fingerprint density at radius 2 is 1.62 bits per heavy atom. The van der Waals surface area contributed by atoms with Crippen LogP contribution in [0.15, 0.2) is 60.7 Å². The van der Waals surface area contributed by atoms with Gasteiger partial charge in [0.2, 0.25) is 0 Å². The summed E-state index contributed by atoms with van der Waals surface area (Å²) in [5.74, 6) is 0.762. The molecule has 26 heavy (non-hydrogen) atoms. The number of ether oxygens (including phenoxy) is 1. The van der Waals surface area contributed by atoms with Gasteiger partial charge in [0.05, 0.1) is 12.1 Å². The van der Waals surface area contributed by atoms with Crippen molar-refractivity contribution in [2.45, 2.75) is 31.4 Å². The summed E-state index contributed by atoms with van der Waals surface area (Å²) in [6, 6.07) is 20.1. The highest BCUT2D eigenvalue weighted by molar-refractivity contribution is 5.75. The van der Waals surface area contributed by atoms with Crippen LogP contribution >= 0.6 is 0 Å². The van der Waals surface area contributed by atoms with Gasteiger partial charge >= 0.3 is 6.03 Å². The minimum absolute atomic E-state index is 0.0137. The van der Waals surface area contributed by atoms with Gasteiger partial charge in [0.1, 0.15) is 0 Å². The molecule has 1 heterocycles. The molecule has 2 aliphatic rings. The molecule has 4 heteroatoms. The normalized spacial score (nSPS) is 19.7. The molecule has 2 aromatic rings. The topological polar surface area (TPSA) is 41.6 Å². The first-order chi connectivity index (χ1) is 12.8. The lowest BCUT2D eigenvalue weighted by molar-refractivity contribution is 0.0538. The van der Waals surface area contributed by atoms with Gasteiger partial charge in [-0.1, -0.05) is 60.7 Å². The molecular formula is C22H26N2O2. The Labute approximate surface area is 155 Å². The van der Waals surface area contributed by atoms with Crippen molar-refractivity contribution in [2.24, 2.45) is 5.92 Å². The molecule has 0 bridgehead atoms. The first-order valence-electron chi connectivity index (χ1n) is 9.56. The molecule has 2 amide bonds. The predicted molar refractivity (Wildman–Crippen MR) is 102 cm³/mol. The van der Waals surface area contributed by atoms with Crippen LogP contribution in [0.3, 0.4) is 0 Å². The molecule has 1 saturated heterocycles. The van der Waals surface area contributed by atoms with Gasteiger partial charge in [-0.15, -0.1) is 0 Å². The Morgan fingerprint density at radius 3 is 2.19 bits per heavy atom. The lowest BCUT2D eigenvalue weighted by Gasteiger charge is -2.24. The first kappa shape index (κ1) is 17.1. The molecule has 1 saturated carbocycles. The summed E-state index contributed by atoms with van der Waals surface area (Å²) in [6.07, 6.45) is 3.72. The fourth-order valence-electron chi connectivity index (χ4n) is 3.47. The maximum absolute atomic E-state index is 12.9. The number of carbonyl (C=O) groups is 1. The number of hydrogen-bond donors (Lipinski definition) is 1. The fourth-order valence-corrected chi connectivity index (χ4v) is 3.47. The molecule has 2 fully saturated rings. The second-order valence-electron chi connectivity index (χ2n) is 7.34. The van der Waals surface area contributed by atoms with E-state index < -0.39 is 0 Å². The van der Waals surface area contributed by atoms with Crippen LogP contribution in [0, 0.1) is 5.92 Å². The number of carbonyl (C=O) groups excluding carboxylic acids is 1. The van der Waals surface area contributed by atoms with Crippen LogP contribution in [0.2, 0.25) is 0 Å². The third kappa shape index (κ3) is 4.25. The molecule has 136 valence electrons. The molecule has 0 aromatic heterocycles. The summed E-state index contributed by atoms with van der Waals surface area (Å²) in [4.78, 5) is 14.7. The van der Waals surface area contributed by atoms with E-state index in [-0.39, 0.29) is 18.2 Å². The monoisotopic (exact) mass is 350 g/mol. The van der Waals surface area contributed by atoms with Gasteiger partial charge in [-0.3, -0.25) is 0 Å². The highest BCUT2D eigenvalue weighted by Crippen LogP contribution is 2.30. The van der Waals surface area contributed by atoms with Crippen LogP contribution in [0.5, 0.6) is 0 Å². The van der Waals surface area contributed by atoms with Crippen molar-refractivity contribution in [3.63, 3.8) is 0 Å². The third-order valence-corrected chi connectivity index (χ3v) is 5.23. The predicted octanol–water partition coefficient (Wildman–Crippen LogP) is 3.99. The molecule has 1 unspecified atom stereocenters. The molecule has 1 aliphatic heterocycles. The van der Waals surface area contributed by atoms with Gasteiger partial charge in [0, 0.05) is 19.7 Å². The van der Waals surface area contributed by atoms with E-state index in [9.17, 15) is 4.79 Å². The molecule has 0 spiro atoms. The zero-order valence-electron chi connectivity index (χ0n) is 15.0. The number of benzene rings is 2. The summed E-state index contributed by atoms with van der Waals surface area (Å²) >= 11 is 0. The molecule has 1 N–H and O–H groups in total. The molecule has 1 aliphatic carbocycles. The van der Waals surface area contributed by atoms with Crippen LogP contribution in [0.4, 0.5) is 4.79 Å². The van der Waals surface area contributed by atoms with E-state index in [4.69, 9.17) is 4.74 Å². The molecule has 1 atom stereocenters. The van der Waals surface area contributed by atoms with Crippen molar-refractivity contribution < 1.29 is 9.53 Å². The zero-order chi connectivity index (χ0) is 17.8. The van der Waals surface area contributed by atoms with Crippen molar-refractivity contribution >= 4 is 6.03 Å². The highest BCUT2D eigenvalue weighted by Gasteiger charge is 2.30. The average Bonchev–Trinajstić information content (AvgIpc) is 3.41. The third-order valence-electron chi connectivity index (χ3n) is 5.23. The van der Waals surface area contributed by atoms with Gasteiger partial charge in [-0.05, 0) is 36.3 Å². The van der Waals surface area contributed by atoms with E-state index in [1.165, 1.54) is 12.8 Å². The highest BCUT2D eigenvalue weighted by atomic mass is 16.5. The Kier molecular flexibility index (Phi) is 5.21. The van der Waals surface area contributed by atoms with Gasteiger partial charge in [0.15, 0.2) is 0 Å². The van der Waals surface area contributed by atoms with Gasteiger partial charge in [0.25, 0.3) is 0 Å². The van der Waals surface area contributed by atoms with Crippen molar-refractivity contribution in [3.8, 4) is 0 Å². The molecular weight excluding hydrogens is 324 g/mol. The Morgan fingerprint density at radius 1 is 1.00 bits per heavy atom. The van der Waals surface area contributed by atoms with Crippen LogP contribution in [0.25, 0.3) is 0 Å². The van der Waals surface area contributed by atoms with E-state index in [0.29, 0.717) is 6.54 Å². The van der Waals surface area contributed by atoms with Crippen molar-refractivity contribution in [1.29, 1.82) is 0 Å². The quantitative estimate of drug-likeness (QED) is 0.856. The lowest BCUT2D eigenvalue weighted by atomic mass is 9.99. The van der Waals surface area contributed by atoms with Crippen molar-refractivity contribution in [3.05, 3.63) is 71.8 Å². The minimum atomic E-state index is -0.142. The SMILES string of the molecule is O=C(NC(c1ccccc1)c1ccccc1)N1CCC(OCC2CC2)C1. The van der Waals surface area contributed by atoms with Crippen LogP contribution in [0.1, 0.15) is 36.4 Å². The van der Waals surface area contributed by atoms with Gasteiger partial charge < -0.3 is 15.0 Å². The zero-order valence-corrected chi connectivity index (χ0v) is 15.0. The molecule has 4 nitrogen and oxygen atoms in total. The maximum Gasteiger partial charge on any atom is 0.318 e. The maximum atomic E-state index is 12.9. The summed E-state index contributed by atoms with van der Waals surface area (Å²) in [6.45, 7) is 2.31. The Balaban J connectivity index is 1.41. The smallest absolute Gasteiger partial charge is 0.318 e. The van der Waals surface area contributed by atoms with E-state index in [1.807, 2.05) is 41.3 Å². The van der Waals surface area contributed by atoms with E-state index >= 15 is 0 Å². The van der Waals surface area contributed by atoms with Crippen molar-refractivity contribution in [1.82, 2.24) is 10.2 Å². The fraction of sp³-hybridized carbons (Fsp3) is 0.409. The molecule has 2 aromatic carbocycles. The number of rotatable bonds is 6. The number of likely N-dealkylation sites (tertiary alicyclic amines) is 1. The van der Waals surface area contributed by atoms with Gasteiger partial charge in [-0.25, -0.2) is 4.79 Å². The number of nitrogens with zero attached hydrogens (tertiary/aromatic N) is 1. The van der Waals surface area contributed by atoms with E-state index in [1.54, 1.807) is 0 Å². The molecule has 4 rings (SSSR count). The Hall–Kier alpha value is -2.33. The van der Waals surface area contributed by atoms with Crippen LogP contribution in [-0.2, 0) is 4.74 Å². The average molecular weight is 350 g/mol. The lowest BCUT2D eigenvalue weighted by Crippen LogP contribution is -2.41. The second-order valence-corrected chi connectivity index (χ2v) is 7.34. The Bertz CT molecular complexity index is 676. The number of nitrogens with one attached hydrogen (secondary N) is 1. The summed E-state index contributed by atoms with van der Waals surface area (Å²) in [7, 11) is 0. The molecule has 0 radical (unpaired) electrons. The number of urea groups is 1.